The summed E-state index contributed by atoms with van der Waals surface area (Å²) in [6.45, 7) is 4.89. The molecule has 2 radical (unpaired) electrons. The van der Waals surface area contributed by atoms with E-state index in [1.165, 1.54) is 0 Å². The first kappa shape index (κ1) is 16.5. The molecule has 0 fully saturated rings. The Morgan fingerprint density at radius 3 is 2.59 bits per heavy atom. The van der Waals surface area contributed by atoms with Gasteiger partial charge in [-0.25, -0.2) is 9.97 Å². The van der Waals surface area contributed by atoms with Crippen LogP contribution in [0.15, 0.2) is 15.7 Å². The largest absolute Gasteiger partial charge is 0.335 e. The van der Waals surface area contributed by atoms with Crippen molar-refractivity contribution in [3.63, 3.8) is 0 Å². The van der Waals surface area contributed by atoms with Crippen LogP contribution in [-0.2, 0) is 14.1 Å². The molecule has 2 rings (SSSR count). The summed E-state index contributed by atoms with van der Waals surface area (Å²) in [6.07, 6.45) is 1.94. The van der Waals surface area contributed by atoms with Crippen LogP contribution in [-0.4, -0.2) is 40.3 Å². The van der Waals surface area contributed by atoms with Gasteiger partial charge >= 0.3 is 0 Å². The lowest BCUT2D eigenvalue weighted by Crippen LogP contribution is -2.15. The number of rotatable bonds is 5. The second kappa shape index (κ2) is 6.52. The van der Waals surface area contributed by atoms with Crippen LogP contribution in [0.4, 0.5) is 4.39 Å². The van der Waals surface area contributed by atoms with Gasteiger partial charge in [-0.3, -0.25) is 9.38 Å². The van der Waals surface area contributed by atoms with Gasteiger partial charge in [-0.15, -0.1) is 12.6 Å². The Morgan fingerprint density at radius 2 is 2.09 bits per heavy atom. The SMILES string of the molecule is [B]c1nc(-c2nc(/C=C(/CCF)N=C)c(C)n2C)c(S)n1C. The van der Waals surface area contributed by atoms with Crippen molar-refractivity contribution in [1.29, 1.82) is 0 Å². The minimum atomic E-state index is -0.485. The zero-order valence-corrected chi connectivity index (χ0v) is 13.7. The van der Waals surface area contributed by atoms with Gasteiger partial charge in [-0.2, -0.15) is 0 Å². The van der Waals surface area contributed by atoms with Gasteiger partial charge in [0.2, 0.25) is 0 Å². The lowest BCUT2D eigenvalue weighted by atomic mass is 10.1. The average Bonchev–Trinajstić information content (AvgIpc) is 2.91. The summed E-state index contributed by atoms with van der Waals surface area (Å²) in [5.74, 6) is 0.643. The van der Waals surface area contributed by atoms with Crippen LogP contribution < -0.4 is 5.72 Å². The molecule has 0 amide bonds. The first-order chi connectivity index (χ1) is 10.4. The molecule has 0 unspecified atom stereocenters. The van der Waals surface area contributed by atoms with Crippen molar-refractivity contribution < 1.29 is 4.39 Å². The van der Waals surface area contributed by atoms with E-state index in [0.29, 0.717) is 33.7 Å². The minimum absolute atomic E-state index is 0.212. The Bertz CT molecular complexity index is 747. The number of alkyl halides is 1. The summed E-state index contributed by atoms with van der Waals surface area (Å²) in [5.41, 5.74) is 3.13. The summed E-state index contributed by atoms with van der Waals surface area (Å²) in [4.78, 5) is 12.7. The standard InChI is InChI=1S/C14H17BFN5S/c1-8-10(7-9(17-2)5-6-16)18-12(20(8)3)11-13(22)21(4)14(15)19-11/h7,22H,2,5-6H2,1,3-4H3/b9-7-. The van der Waals surface area contributed by atoms with Crippen molar-refractivity contribution in [3.05, 3.63) is 17.1 Å². The third-order valence-electron chi connectivity index (χ3n) is 3.59. The van der Waals surface area contributed by atoms with Gasteiger partial charge in [-0.1, -0.05) is 0 Å². The molecule has 2 heterocycles. The van der Waals surface area contributed by atoms with E-state index in [9.17, 15) is 4.39 Å². The molecule has 0 saturated carbocycles. The van der Waals surface area contributed by atoms with Crippen molar-refractivity contribution >= 4 is 39.0 Å². The topological polar surface area (TPSA) is 48.0 Å². The molecule has 0 aromatic carbocycles. The third-order valence-corrected chi connectivity index (χ3v) is 4.10. The summed E-state index contributed by atoms with van der Waals surface area (Å²) < 4.78 is 16.1. The molecule has 0 aliphatic rings. The highest BCUT2D eigenvalue weighted by atomic mass is 32.1. The highest BCUT2D eigenvalue weighted by molar-refractivity contribution is 7.80. The van der Waals surface area contributed by atoms with Crippen LogP contribution in [0.5, 0.6) is 0 Å². The number of nitrogens with zero attached hydrogens (tertiary/aromatic N) is 5. The van der Waals surface area contributed by atoms with Crippen LogP contribution in [0, 0.1) is 6.92 Å². The van der Waals surface area contributed by atoms with Crippen molar-refractivity contribution in [2.45, 2.75) is 18.4 Å². The molecule has 2 aromatic rings. The maximum atomic E-state index is 12.5. The molecule has 0 saturated heterocycles. The second-order valence-corrected chi connectivity index (χ2v) is 5.32. The van der Waals surface area contributed by atoms with E-state index < -0.39 is 6.67 Å². The monoisotopic (exact) mass is 317 g/mol. The fraction of sp³-hybridized carbons (Fsp3) is 0.357. The Morgan fingerprint density at radius 1 is 1.41 bits per heavy atom. The molecule has 2 aromatic heterocycles. The number of hydrogen-bond acceptors (Lipinski definition) is 4. The number of imidazole rings is 2. The number of aromatic nitrogens is 4. The second-order valence-electron chi connectivity index (χ2n) is 4.90. The molecule has 114 valence electrons. The Balaban J connectivity index is 2.54. The molecule has 0 aliphatic heterocycles. The predicted molar refractivity (Wildman–Crippen MR) is 90.9 cm³/mol. The van der Waals surface area contributed by atoms with E-state index >= 15 is 0 Å². The Labute approximate surface area is 135 Å². The van der Waals surface area contributed by atoms with Crippen molar-refractivity contribution in [1.82, 2.24) is 19.1 Å². The van der Waals surface area contributed by atoms with Crippen molar-refractivity contribution in [2.75, 3.05) is 6.67 Å². The Kier molecular flexibility index (Phi) is 4.90. The number of halogens is 1. The smallest absolute Gasteiger partial charge is 0.167 e. The summed E-state index contributed by atoms with van der Waals surface area (Å²) in [7, 11) is 9.47. The molecular formula is C14H17BFN5S. The quantitative estimate of drug-likeness (QED) is 0.517. The van der Waals surface area contributed by atoms with E-state index in [0.717, 1.165) is 5.69 Å². The number of allylic oxidation sites excluding steroid dienone is 1. The zero-order chi connectivity index (χ0) is 16.4. The lowest BCUT2D eigenvalue weighted by molar-refractivity contribution is 0.494. The van der Waals surface area contributed by atoms with Crippen LogP contribution in [0.2, 0.25) is 0 Å². The van der Waals surface area contributed by atoms with Gasteiger partial charge in [-0.05, 0) is 19.7 Å². The van der Waals surface area contributed by atoms with Gasteiger partial charge < -0.3 is 9.13 Å². The maximum Gasteiger partial charge on any atom is 0.167 e. The Hall–Kier alpha value is -1.83. The summed E-state index contributed by atoms with van der Waals surface area (Å²) in [5, 5.41) is 0.631. The fourth-order valence-corrected chi connectivity index (χ4v) is 2.31. The molecule has 0 aliphatic carbocycles. The summed E-state index contributed by atoms with van der Waals surface area (Å²) in [6, 6.07) is 0. The molecular weight excluding hydrogens is 300 g/mol. The van der Waals surface area contributed by atoms with Gasteiger partial charge in [0, 0.05) is 31.9 Å². The molecule has 0 atom stereocenters. The van der Waals surface area contributed by atoms with Crippen LogP contribution in [0.3, 0.4) is 0 Å². The highest BCUT2D eigenvalue weighted by Crippen LogP contribution is 2.26. The number of hydrogen-bond donors (Lipinski definition) is 1. The molecule has 5 nitrogen and oxygen atoms in total. The fourth-order valence-electron chi connectivity index (χ4n) is 2.06. The van der Waals surface area contributed by atoms with Crippen LogP contribution >= 0.6 is 12.6 Å². The number of aliphatic imine (C=N–C) groups is 1. The van der Waals surface area contributed by atoms with E-state index in [-0.39, 0.29) is 6.42 Å². The zero-order valence-electron chi connectivity index (χ0n) is 12.8. The molecule has 22 heavy (non-hydrogen) atoms. The average molecular weight is 317 g/mol. The van der Waals surface area contributed by atoms with E-state index in [2.05, 4.69) is 34.3 Å². The van der Waals surface area contributed by atoms with E-state index in [4.69, 9.17) is 7.85 Å². The van der Waals surface area contributed by atoms with Gasteiger partial charge in [0.15, 0.2) is 13.7 Å². The molecule has 8 heteroatoms. The predicted octanol–water partition coefficient (Wildman–Crippen LogP) is 1.61. The van der Waals surface area contributed by atoms with E-state index in [1.54, 1.807) is 17.7 Å². The summed E-state index contributed by atoms with van der Waals surface area (Å²) >= 11 is 4.43. The van der Waals surface area contributed by atoms with Crippen molar-refractivity contribution in [2.24, 2.45) is 19.1 Å². The van der Waals surface area contributed by atoms with Gasteiger partial charge in [0.1, 0.15) is 10.7 Å². The van der Waals surface area contributed by atoms with Gasteiger partial charge in [0.05, 0.1) is 18.1 Å². The van der Waals surface area contributed by atoms with Crippen molar-refractivity contribution in [3.8, 4) is 11.5 Å². The normalized spacial score (nSPS) is 12.0. The highest BCUT2D eigenvalue weighted by Gasteiger charge is 2.18. The molecule has 0 N–H and O–H groups in total. The number of thiol groups is 1. The molecule has 0 spiro atoms. The van der Waals surface area contributed by atoms with Crippen LogP contribution in [0.25, 0.3) is 17.6 Å². The maximum absolute atomic E-state index is 12.5. The first-order valence-corrected chi connectivity index (χ1v) is 7.13. The third kappa shape index (κ3) is 2.88. The lowest BCUT2D eigenvalue weighted by Gasteiger charge is -2.01. The van der Waals surface area contributed by atoms with Crippen LogP contribution in [0.1, 0.15) is 17.8 Å². The molecule has 0 bridgehead atoms. The van der Waals surface area contributed by atoms with E-state index in [1.807, 2.05) is 18.5 Å². The first-order valence-electron chi connectivity index (χ1n) is 6.68. The minimum Gasteiger partial charge on any atom is -0.335 e. The van der Waals surface area contributed by atoms with Gasteiger partial charge in [0.25, 0.3) is 0 Å².